The number of ketones is 2. The highest BCUT2D eigenvalue weighted by atomic mass is 35.5. The van der Waals surface area contributed by atoms with Crippen LogP contribution in [0.15, 0.2) is 72.8 Å². The summed E-state index contributed by atoms with van der Waals surface area (Å²) < 4.78 is 6.24. The Morgan fingerprint density at radius 2 is 1.38 bits per heavy atom. The Morgan fingerprint density at radius 1 is 0.794 bits per heavy atom. The molecule has 7 heteroatoms. The molecule has 0 N–H and O–H groups in total. The van der Waals surface area contributed by atoms with E-state index in [0.29, 0.717) is 16.3 Å². The second-order valence-corrected chi connectivity index (χ2v) is 9.26. The van der Waals surface area contributed by atoms with Gasteiger partial charge in [0, 0.05) is 21.7 Å². The molecule has 3 atom stereocenters. The fourth-order valence-electron chi connectivity index (χ4n) is 5.45. The summed E-state index contributed by atoms with van der Waals surface area (Å²) in [5.41, 5.74) is 0.0937. The quantitative estimate of drug-likeness (QED) is 0.410. The van der Waals surface area contributed by atoms with E-state index in [1.54, 1.807) is 72.8 Å². The number of ether oxygens (including phenoxy) is 1. The van der Waals surface area contributed by atoms with Crippen LogP contribution in [0.4, 0.5) is 5.69 Å². The molecule has 0 saturated carbocycles. The van der Waals surface area contributed by atoms with Crippen LogP contribution < -0.4 is 4.90 Å². The van der Waals surface area contributed by atoms with Crippen molar-refractivity contribution in [3.05, 3.63) is 100 Å². The lowest BCUT2D eigenvalue weighted by molar-refractivity contribution is -0.127. The van der Waals surface area contributed by atoms with Gasteiger partial charge in [0.1, 0.15) is 0 Å². The molecular weight excluding hydrogens is 454 g/mol. The first kappa shape index (κ1) is 21.0. The summed E-state index contributed by atoms with van der Waals surface area (Å²) in [6, 6.07) is 20.1. The van der Waals surface area contributed by atoms with Crippen LogP contribution in [0, 0.1) is 18.8 Å². The molecule has 2 heterocycles. The van der Waals surface area contributed by atoms with Crippen LogP contribution >= 0.6 is 11.6 Å². The number of hydrogen-bond acceptors (Lipinski definition) is 5. The van der Waals surface area contributed by atoms with E-state index in [0.717, 1.165) is 10.5 Å². The van der Waals surface area contributed by atoms with Crippen LogP contribution in [0.2, 0.25) is 5.02 Å². The zero-order chi connectivity index (χ0) is 23.8. The minimum absolute atomic E-state index is 0.195. The summed E-state index contributed by atoms with van der Waals surface area (Å²) in [4.78, 5) is 56.1. The predicted octanol–water partition coefficient (Wildman–Crippen LogP) is 4.34. The lowest BCUT2D eigenvalue weighted by atomic mass is 9.77. The van der Waals surface area contributed by atoms with E-state index in [9.17, 15) is 19.2 Å². The van der Waals surface area contributed by atoms with Crippen LogP contribution in [0.5, 0.6) is 0 Å². The number of carbonyl (C=O) groups excluding carboxylic acids is 4. The Morgan fingerprint density at radius 3 is 2.00 bits per heavy atom. The summed E-state index contributed by atoms with van der Waals surface area (Å²) >= 11 is 6.45. The van der Waals surface area contributed by atoms with E-state index in [4.69, 9.17) is 16.3 Å². The zero-order valence-corrected chi connectivity index (χ0v) is 18.8. The highest BCUT2D eigenvalue weighted by molar-refractivity contribution is 6.37. The number of Topliss-reactive ketones (excluding diaryl/α,β-unsaturated/α-hetero) is 2. The van der Waals surface area contributed by atoms with Gasteiger partial charge < -0.3 is 4.74 Å². The van der Waals surface area contributed by atoms with E-state index < -0.39 is 46.9 Å². The van der Waals surface area contributed by atoms with Crippen LogP contribution in [-0.2, 0) is 14.3 Å². The highest BCUT2D eigenvalue weighted by Crippen LogP contribution is 2.58. The molecule has 1 spiro atoms. The molecule has 34 heavy (non-hydrogen) atoms. The average Bonchev–Trinajstić information content (AvgIpc) is 3.40. The maximum atomic E-state index is 13.8. The predicted molar refractivity (Wildman–Crippen MR) is 124 cm³/mol. The molecule has 2 amide bonds. The average molecular weight is 472 g/mol. The molecule has 1 aliphatic carbocycles. The van der Waals surface area contributed by atoms with Gasteiger partial charge >= 0.3 is 0 Å². The SMILES string of the molecule is Cc1ccc(N2C(=O)[C@H]3[C@@H](C2=O)C2(O[C@H]3c3ccccc3Cl)C(=O)c3ccccc3C2=O)cc1. The van der Waals surface area contributed by atoms with Crippen molar-refractivity contribution in [1.82, 2.24) is 0 Å². The summed E-state index contributed by atoms with van der Waals surface area (Å²) in [7, 11) is 0. The first-order valence-corrected chi connectivity index (χ1v) is 11.3. The van der Waals surface area contributed by atoms with Crippen molar-refractivity contribution >= 4 is 40.7 Å². The van der Waals surface area contributed by atoms with Crippen molar-refractivity contribution in [2.24, 2.45) is 11.8 Å². The Labute approximate surface area is 200 Å². The lowest BCUT2D eigenvalue weighted by Crippen LogP contribution is -2.51. The second-order valence-electron chi connectivity index (χ2n) is 8.85. The van der Waals surface area contributed by atoms with Crippen LogP contribution in [0.25, 0.3) is 0 Å². The lowest BCUT2D eigenvalue weighted by Gasteiger charge is -2.27. The van der Waals surface area contributed by atoms with Gasteiger partial charge in [0.05, 0.1) is 23.6 Å². The topological polar surface area (TPSA) is 80.8 Å². The zero-order valence-electron chi connectivity index (χ0n) is 18.0. The number of aryl methyl sites for hydroxylation is 1. The molecule has 6 rings (SSSR count). The molecule has 3 aromatic carbocycles. The Kier molecular flexibility index (Phi) is 4.43. The summed E-state index contributed by atoms with van der Waals surface area (Å²) in [5, 5.41) is 0.327. The smallest absolute Gasteiger partial charge is 0.241 e. The number of anilines is 1. The highest BCUT2D eigenvalue weighted by Gasteiger charge is 2.74. The minimum Gasteiger partial charge on any atom is -0.349 e. The molecule has 6 nitrogen and oxygen atoms in total. The third-order valence-electron chi connectivity index (χ3n) is 7.02. The van der Waals surface area contributed by atoms with Gasteiger partial charge in [0.2, 0.25) is 29.0 Å². The van der Waals surface area contributed by atoms with Crippen molar-refractivity contribution in [1.29, 1.82) is 0 Å². The summed E-state index contributed by atoms with van der Waals surface area (Å²) in [6.07, 6.45) is -1.03. The van der Waals surface area contributed by atoms with Crippen LogP contribution in [0.3, 0.4) is 0 Å². The van der Waals surface area contributed by atoms with Crippen LogP contribution in [0.1, 0.15) is 37.9 Å². The number of fused-ring (bicyclic) bond motifs is 3. The van der Waals surface area contributed by atoms with E-state index in [1.165, 1.54) is 0 Å². The standard InChI is InChI=1S/C27H18ClNO5/c1-14-10-12-15(13-11-14)29-25(32)20-21(26(29)33)27(34-22(20)18-8-4-5-9-19(18)28)23(30)16-6-2-3-7-17(16)24(27)31/h2-13,20-22H,1H3/t20-,21-,22-/m0/s1. The molecular formula is C27H18ClNO5. The number of nitrogens with zero attached hydrogens (tertiary/aromatic N) is 1. The van der Waals surface area contributed by atoms with E-state index in [1.807, 2.05) is 6.92 Å². The Balaban J connectivity index is 1.56. The number of imide groups is 1. The van der Waals surface area contributed by atoms with Gasteiger partial charge in [0.25, 0.3) is 0 Å². The molecule has 3 aliphatic rings. The van der Waals surface area contributed by atoms with Gasteiger partial charge in [-0.2, -0.15) is 0 Å². The second kappa shape index (κ2) is 7.19. The van der Waals surface area contributed by atoms with Gasteiger partial charge in [-0.15, -0.1) is 0 Å². The minimum atomic E-state index is -2.11. The maximum Gasteiger partial charge on any atom is 0.241 e. The van der Waals surface area contributed by atoms with Crippen molar-refractivity contribution in [2.75, 3.05) is 4.90 Å². The molecule has 0 bridgehead atoms. The van der Waals surface area contributed by atoms with Gasteiger partial charge in [-0.25, -0.2) is 4.90 Å². The van der Waals surface area contributed by atoms with Gasteiger partial charge in [0.15, 0.2) is 0 Å². The number of benzene rings is 3. The normalized spacial score (nSPS) is 24.8. The fourth-order valence-corrected chi connectivity index (χ4v) is 5.70. The molecule has 0 radical (unpaired) electrons. The Hall–Kier alpha value is -3.61. The summed E-state index contributed by atoms with van der Waals surface area (Å²) in [6.45, 7) is 1.90. The van der Waals surface area contributed by atoms with E-state index in [2.05, 4.69) is 0 Å². The van der Waals surface area contributed by atoms with Crippen molar-refractivity contribution in [3.63, 3.8) is 0 Å². The maximum absolute atomic E-state index is 13.8. The largest absolute Gasteiger partial charge is 0.349 e. The van der Waals surface area contributed by atoms with Crippen molar-refractivity contribution in [2.45, 2.75) is 18.6 Å². The number of halogens is 1. The third kappa shape index (κ3) is 2.55. The number of rotatable bonds is 2. The van der Waals surface area contributed by atoms with E-state index >= 15 is 0 Å². The number of amides is 2. The molecule has 2 saturated heterocycles. The van der Waals surface area contributed by atoms with Crippen LogP contribution in [-0.4, -0.2) is 29.0 Å². The molecule has 168 valence electrons. The molecule has 0 unspecified atom stereocenters. The van der Waals surface area contributed by atoms with Crippen molar-refractivity contribution < 1.29 is 23.9 Å². The third-order valence-corrected chi connectivity index (χ3v) is 7.37. The fraction of sp³-hybridized carbons (Fsp3) is 0.185. The Bertz CT molecular complexity index is 1380. The molecule has 3 aromatic rings. The molecule has 2 fully saturated rings. The van der Waals surface area contributed by atoms with Crippen molar-refractivity contribution in [3.8, 4) is 0 Å². The van der Waals surface area contributed by atoms with Gasteiger partial charge in [-0.1, -0.05) is 71.8 Å². The molecule has 0 aromatic heterocycles. The van der Waals surface area contributed by atoms with E-state index in [-0.39, 0.29) is 11.1 Å². The summed E-state index contributed by atoms with van der Waals surface area (Å²) in [5.74, 6) is -4.69. The number of carbonyl (C=O) groups is 4. The molecule has 2 aliphatic heterocycles. The van der Waals surface area contributed by atoms with Gasteiger partial charge in [-0.3, -0.25) is 19.2 Å². The number of hydrogen-bond donors (Lipinski definition) is 0. The first-order valence-electron chi connectivity index (χ1n) is 10.9. The van der Waals surface area contributed by atoms with Gasteiger partial charge in [-0.05, 0) is 25.1 Å². The monoisotopic (exact) mass is 471 g/mol. The first-order chi connectivity index (χ1) is 16.4.